The summed E-state index contributed by atoms with van der Waals surface area (Å²) in [6.07, 6.45) is -3.32. The van der Waals surface area contributed by atoms with Crippen molar-refractivity contribution in [3.8, 4) is 0 Å². The molecule has 1 fully saturated rings. The highest BCUT2D eigenvalue weighted by atomic mass is 35.5. The fourth-order valence-electron chi connectivity index (χ4n) is 3.95. The van der Waals surface area contributed by atoms with Crippen LogP contribution in [0.3, 0.4) is 0 Å². The molecule has 3 aromatic rings. The number of halogens is 1. The summed E-state index contributed by atoms with van der Waals surface area (Å²) in [5.41, 5.74) is 3.73. The highest BCUT2D eigenvalue weighted by Gasteiger charge is 2.44. The molecule has 0 bridgehead atoms. The summed E-state index contributed by atoms with van der Waals surface area (Å²) in [6, 6.07) is 13.6. The minimum absolute atomic E-state index is 0.459. The normalized spacial score (nSPS) is 27.4. The van der Waals surface area contributed by atoms with Gasteiger partial charge in [-0.25, -0.2) is 0 Å². The Morgan fingerprint density at radius 2 is 1.79 bits per heavy atom. The molecule has 1 aromatic heterocycles. The van der Waals surface area contributed by atoms with E-state index in [2.05, 4.69) is 28.8 Å². The number of fused-ring (bicyclic) bond motifs is 1. The van der Waals surface area contributed by atoms with Crippen molar-refractivity contribution < 1.29 is 25.2 Å². The van der Waals surface area contributed by atoms with Crippen molar-refractivity contribution in [3.63, 3.8) is 0 Å². The third kappa shape index (κ3) is 3.80. The molecular formula is C22H24ClNO5. The third-order valence-electron chi connectivity index (χ3n) is 5.63. The van der Waals surface area contributed by atoms with Gasteiger partial charge in [0, 0.05) is 23.8 Å². The summed E-state index contributed by atoms with van der Waals surface area (Å²) in [6.45, 7) is -0.459. The molecular weight excluding hydrogens is 394 g/mol. The van der Waals surface area contributed by atoms with E-state index in [0.29, 0.717) is 17.0 Å². The molecule has 154 valence electrons. The zero-order chi connectivity index (χ0) is 20.7. The Labute approximate surface area is 173 Å². The van der Waals surface area contributed by atoms with E-state index < -0.39 is 37.1 Å². The second-order valence-electron chi connectivity index (χ2n) is 7.60. The van der Waals surface area contributed by atoms with Crippen LogP contribution in [0.1, 0.15) is 22.8 Å². The second-order valence-corrected chi connectivity index (χ2v) is 8.00. The SMILES string of the molecule is Cn1ccc2cc(Cc3cc([C@@H]4O[C@H](CO)[C@@H](O)[C@H](O)[C@H]4O)ccc3Cl)ccc21. The van der Waals surface area contributed by atoms with Crippen LogP contribution in [0.2, 0.25) is 5.02 Å². The summed E-state index contributed by atoms with van der Waals surface area (Å²) >= 11 is 6.41. The number of ether oxygens (including phenoxy) is 1. The number of aromatic nitrogens is 1. The van der Waals surface area contributed by atoms with Crippen LogP contribution < -0.4 is 0 Å². The smallest absolute Gasteiger partial charge is 0.113 e. The van der Waals surface area contributed by atoms with Gasteiger partial charge in [0.05, 0.1) is 6.61 Å². The molecule has 0 amide bonds. The van der Waals surface area contributed by atoms with E-state index in [0.717, 1.165) is 22.0 Å². The summed E-state index contributed by atoms with van der Waals surface area (Å²) in [7, 11) is 2.00. The minimum Gasteiger partial charge on any atom is -0.394 e. The Bertz CT molecular complexity index is 1020. The summed E-state index contributed by atoms with van der Waals surface area (Å²) in [5.74, 6) is 0. The van der Waals surface area contributed by atoms with Gasteiger partial charge in [-0.05, 0) is 52.8 Å². The van der Waals surface area contributed by atoms with Crippen LogP contribution in [-0.4, -0.2) is 56.0 Å². The van der Waals surface area contributed by atoms with Crippen molar-refractivity contribution in [2.45, 2.75) is 36.9 Å². The number of aryl methyl sites for hydroxylation is 1. The number of nitrogens with zero attached hydrogens (tertiary/aromatic N) is 1. The number of rotatable bonds is 4. The summed E-state index contributed by atoms with van der Waals surface area (Å²) in [5, 5.41) is 41.6. The average Bonchev–Trinajstić information content (AvgIpc) is 3.08. The monoisotopic (exact) mass is 417 g/mol. The Kier molecular flexibility index (Phi) is 5.66. The lowest BCUT2D eigenvalue weighted by molar-refractivity contribution is -0.231. The van der Waals surface area contributed by atoms with Gasteiger partial charge in [-0.1, -0.05) is 29.8 Å². The number of hydrogen-bond donors (Lipinski definition) is 4. The number of aliphatic hydroxyl groups is 4. The lowest BCUT2D eigenvalue weighted by Gasteiger charge is -2.40. The maximum Gasteiger partial charge on any atom is 0.113 e. The third-order valence-corrected chi connectivity index (χ3v) is 6.00. The molecule has 4 rings (SSSR count). The largest absolute Gasteiger partial charge is 0.394 e. The van der Waals surface area contributed by atoms with Crippen LogP contribution >= 0.6 is 11.6 Å². The average molecular weight is 418 g/mol. The van der Waals surface area contributed by atoms with Crippen molar-refractivity contribution >= 4 is 22.5 Å². The van der Waals surface area contributed by atoms with E-state index in [1.165, 1.54) is 0 Å². The molecule has 0 unspecified atom stereocenters. The molecule has 0 aliphatic carbocycles. The topological polar surface area (TPSA) is 95.1 Å². The molecule has 1 aliphatic rings. The van der Waals surface area contributed by atoms with E-state index in [1.54, 1.807) is 12.1 Å². The van der Waals surface area contributed by atoms with Crippen molar-refractivity contribution in [2.24, 2.45) is 7.05 Å². The van der Waals surface area contributed by atoms with Crippen LogP contribution in [-0.2, 0) is 18.2 Å². The predicted molar refractivity (Wildman–Crippen MR) is 110 cm³/mol. The van der Waals surface area contributed by atoms with Crippen molar-refractivity contribution in [2.75, 3.05) is 6.61 Å². The van der Waals surface area contributed by atoms with Crippen molar-refractivity contribution in [1.82, 2.24) is 4.57 Å². The van der Waals surface area contributed by atoms with Gasteiger partial charge < -0.3 is 29.7 Å². The fourth-order valence-corrected chi connectivity index (χ4v) is 4.13. The molecule has 0 saturated carbocycles. The summed E-state index contributed by atoms with van der Waals surface area (Å²) < 4.78 is 7.73. The zero-order valence-electron chi connectivity index (χ0n) is 15.9. The van der Waals surface area contributed by atoms with Gasteiger partial charge in [0.25, 0.3) is 0 Å². The first kappa shape index (κ1) is 20.3. The first-order chi connectivity index (χ1) is 13.9. The Hall–Kier alpha value is -1.93. The second kappa shape index (κ2) is 8.07. The van der Waals surface area contributed by atoms with Crippen LogP contribution in [0.25, 0.3) is 10.9 Å². The van der Waals surface area contributed by atoms with Crippen molar-refractivity contribution in [1.29, 1.82) is 0 Å². The van der Waals surface area contributed by atoms with Crippen LogP contribution in [0, 0.1) is 0 Å². The van der Waals surface area contributed by atoms with E-state index in [9.17, 15) is 20.4 Å². The number of aliphatic hydroxyl groups excluding tert-OH is 4. The molecule has 5 atom stereocenters. The Morgan fingerprint density at radius 1 is 1.00 bits per heavy atom. The van der Waals surface area contributed by atoms with Crippen molar-refractivity contribution in [3.05, 3.63) is 70.4 Å². The van der Waals surface area contributed by atoms with E-state index in [1.807, 2.05) is 19.3 Å². The lowest BCUT2D eigenvalue weighted by Crippen LogP contribution is -2.55. The first-order valence-electron chi connectivity index (χ1n) is 9.52. The van der Waals surface area contributed by atoms with Gasteiger partial charge in [-0.3, -0.25) is 0 Å². The number of benzene rings is 2. The Morgan fingerprint density at radius 3 is 2.55 bits per heavy atom. The Balaban J connectivity index is 1.63. The molecule has 29 heavy (non-hydrogen) atoms. The first-order valence-corrected chi connectivity index (χ1v) is 9.89. The molecule has 0 radical (unpaired) electrons. The van der Waals surface area contributed by atoms with E-state index in [4.69, 9.17) is 16.3 Å². The standard InChI is InChI=1S/C22H24ClNO5/c1-24-7-6-13-8-12(2-5-17(13)24)9-15-10-14(3-4-16(15)23)22-21(28)20(27)19(26)18(11-25)29-22/h2-8,10,18-22,25-28H,9,11H2,1H3/t18-,19-,20+,21-,22+/m1/s1. The molecule has 6 nitrogen and oxygen atoms in total. The van der Waals surface area contributed by atoms with Gasteiger partial charge in [-0.2, -0.15) is 0 Å². The highest BCUT2D eigenvalue weighted by Crippen LogP contribution is 2.34. The maximum atomic E-state index is 10.4. The zero-order valence-corrected chi connectivity index (χ0v) is 16.7. The maximum absolute atomic E-state index is 10.4. The van der Waals surface area contributed by atoms with E-state index >= 15 is 0 Å². The van der Waals surface area contributed by atoms with Gasteiger partial charge in [0.1, 0.15) is 30.5 Å². The molecule has 2 aromatic carbocycles. The fraction of sp³-hybridized carbons (Fsp3) is 0.364. The van der Waals surface area contributed by atoms with Gasteiger partial charge in [0.15, 0.2) is 0 Å². The lowest BCUT2D eigenvalue weighted by atomic mass is 9.90. The molecule has 2 heterocycles. The van der Waals surface area contributed by atoms with E-state index in [-0.39, 0.29) is 0 Å². The molecule has 7 heteroatoms. The molecule has 1 aliphatic heterocycles. The highest BCUT2D eigenvalue weighted by molar-refractivity contribution is 6.31. The molecule has 1 saturated heterocycles. The summed E-state index contributed by atoms with van der Waals surface area (Å²) in [4.78, 5) is 0. The van der Waals surface area contributed by atoms with Gasteiger partial charge in [0.2, 0.25) is 0 Å². The predicted octanol–water partition coefficient (Wildman–Crippen LogP) is 1.94. The number of hydrogen-bond acceptors (Lipinski definition) is 5. The van der Waals surface area contributed by atoms with Crippen LogP contribution in [0.15, 0.2) is 48.7 Å². The quantitative estimate of drug-likeness (QED) is 0.520. The van der Waals surface area contributed by atoms with Gasteiger partial charge >= 0.3 is 0 Å². The van der Waals surface area contributed by atoms with Gasteiger partial charge in [-0.15, -0.1) is 0 Å². The minimum atomic E-state index is -1.41. The van der Waals surface area contributed by atoms with Crippen LogP contribution in [0.4, 0.5) is 0 Å². The molecule has 0 spiro atoms. The molecule has 4 N–H and O–H groups in total. The van der Waals surface area contributed by atoms with Crippen LogP contribution in [0.5, 0.6) is 0 Å².